The Labute approximate surface area is 86.6 Å². The maximum Gasteiger partial charge on any atom is 0.341 e. The van der Waals surface area contributed by atoms with E-state index in [4.69, 9.17) is 11.6 Å². The van der Waals surface area contributed by atoms with Gasteiger partial charge in [-0.25, -0.2) is 9.18 Å². The average molecular weight is 217 g/mol. The van der Waals surface area contributed by atoms with Gasteiger partial charge in [0.1, 0.15) is 5.82 Å². The topological polar surface area (TPSA) is 26.3 Å². The van der Waals surface area contributed by atoms with E-state index < -0.39 is 11.8 Å². The molecule has 0 heterocycles. The molecular formula is C10H10ClFO2. The summed E-state index contributed by atoms with van der Waals surface area (Å²) in [4.78, 5) is 11.2. The molecule has 1 aromatic carbocycles. The van der Waals surface area contributed by atoms with Crippen molar-refractivity contribution in [1.29, 1.82) is 0 Å². The summed E-state index contributed by atoms with van der Waals surface area (Å²) >= 11 is 5.66. The Hall–Kier alpha value is -1.09. The normalized spacial score (nSPS) is 10.0. The number of methoxy groups -OCH3 is 1. The number of ether oxygens (including phenoxy) is 1. The van der Waals surface area contributed by atoms with Crippen molar-refractivity contribution in [2.45, 2.75) is 13.3 Å². The van der Waals surface area contributed by atoms with Gasteiger partial charge in [-0.3, -0.25) is 0 Å². The van der Waals surface area contributed by atoms with Crippen LogP contribution in [0.15, 0.2) is 12.1 Å². The van der Waals surface area contributed by atoms with Gasteiger partial charge in [-0.2, -0.15) is 0 Å². The third kappa shape index (κ3) is 2.04. The Balaban J connectivity index is 3.32. The van der Waals surface area contributed by atoms with Crippen LogP contribution in [-0.2, 0) is 11.2 Å². The fourth-order valence-electron chi connectivity index (χ4n) is 1.24. The van der Waals surface area contributed by atoms with Crippen molar-refractivity contribution in [3.63, 3.8) is 0 Å². The quantitative estimate of drug-likeness (QED) is 0.711. The van der Waals surface area contributed by atoms with Crippen LogP contribution in [0.1, 0.15) is 22.8 Å². The van der Waals surface area contributed by atoms with Gasteiger partial charge in [-0.1, -0.05) is 18.5 Å². The SMILES string of the molecule is CCc1cc(Cl)cc(F)c1C(=O)OC. The monoisotopic (exact) mass is 216 g/mol. The summed E-state index contributed by atoms with van der Waals surface area (Å²) in [6.07, 6.45) is 0.530. The highest BCUT2D eigenvalue weighted by molar-refractivity contribution is 6.30. The second kappa shape index (κ2) is 4.42. The maximum absolute atomic E-state index is 13.4. The van der Waals surface area contributed by atoms with Gasteiger partial charge in [0.15, 0.2) is 0 Å². The molecule has 0 aliphatic heterocycles. The molecule has 0 radical (unpaired) electrons. The van der Waals surface area contributed by atoms with Crippen molar-refractivity contribution in [3.8, 4) is 0 Å². The van der Waals surface area contributed by atoms with E-state index in [1.807, 2.05) is 6.92 Å². The van der Waals surface area contributed by atoms with Crippen LogP contribution in [0.5, 0.6) is 0 Å². The van der Waals surface area contributed by atoms with Crippen molar-refractivity contribution < 1.29 is 13.9 Å². The van der Waals surface area contributed by atoms with Gasteiger partial charge >= 0.3 is 5.97 Å². The van der Waals surface area contributed by atoms with E-state index in [-0.39, 0.29) is 10.6 Å². The molecule has 2 nitrogen and oxygen atoms in total. The van der Waals surface area contributed by atoms with Crippen molar-refractivity contribution in [1.82, 2.24) is 0 Å². The first-order chi connectivity index (χ1) is 6.60. The summed E-state index contributed by atoms with van der Waals surface area (Å²) in [5, 5.41) is 0.284. The minimum Gasteiger partial charge on any atom is -0.465 e. The minimum atomic E-state index is -0.670. The number of rotatable bonds is 2. The Bertz CT molecular complexity index is 363. The van der Waals surface area contributed by atoms with Crippen LogP contribution in [0.4, 0.5) is 4.39 Å². The number of halogens is 2. The molecule has 0 aromatic heterocycles. The Morgan fingerprint density at radius 3 is 2.71 bits per heavy atom. The first-order valence-corrected chi connectivity index (χ1v) is 4.54. The number of hydrogen-bond acceptors (Lipinski definition) is 2. The van der Waals surface area contributed by atoms with Gasteiger partial charge < -0.3 is 4.74 Å². The lowest BCUT2D eigenvalue weighted by atomic mass is 10.0. The zero-order valence-electron chi connectivity index (χ0n) is 7.93. The maximum atomic E-state index is 13.4. The standard InChI is InChI=1S/C10H10ClFO2/c1-3-6-4-7(11)5-8(12)9(6)10(13)14-2/h4-5H,3H2,1-2H3. The predicted octanol–water partition coefficient (Wildman–Crippen LogP) is 2.83. The van der Waals surface area contributed by atoms with Crippen LogP contribution in [-0.4, -0.2) is 13.1 Å². The summed E-state index contributed by atoms with van der Waals surface area (Å²) in [6.45, 7) is 1.82. The van der Waals surface area contributed by atoms with E-state index in [0.29, 0.717) is 12.0 Å². The lowest BCUT2D eigenvalue weighted by Gasteiger charge is -2.07. The molecule has 0 aliphatic carbocycles. The van der Waals surface area contributed by atoms with Crippen LogP contribution in [0.2, 0.25) is 5.02 Å². The zero-order valence-corrected chi connectivity index (χ0v) is 8.69. The molecule has 0 aliphatic rings. The molecule has 1 rings (SSSR count). The predicted molar refractivity (Wildman–Crippen MR) is 52.1 cm³/mol. The Morgan fingerprint density at radius 2 is 2.21 bits per heavy atom. The fourth-order valence-corrected chi connectivity index (χ4v) is 1.46. The molecule has 0 fully saturated rings. The smallest absolute Gasteiger partial charge is 0.341 e. The van der Waals surface area contributed by atoms with Crippen LogP contribution < -0.4 is 0 Å². The average Bonchev–Trinajstić information content (AvgIpc) is 2.15. The molecule has 4 heteroatoms. The summed E-state index contributed by atoms with van der Waals surface area (Å²) in [5.74, 6) is -1.31. The van der Waals surface area contributed by atoms with E-state index in [9.17, 15) is 9.18 Å². The van der Waals surface area contributed by atoms with Crippen molar-refractivity contribution in [2.75, 3.05) is 7.11 Å². The highest BCUT2D eigenvalue weighted by Crippen LogP contribution is 2.21. The molecular weight excluding hydrogens is 207 g/mol. The second-order valence-corrected chi connectivity index (χ2v) is 3.20. The van der Waals surface area contributed by atoms with E-state index in [2.05, 4.69) is 4.74 Å². The highest BCUT2D eigenvalue weighted by Gasteiger charge is 2.17. The number of esters is 1. The highest BCUT2D eigenvalue weighted by atomic mass is 35.5. The van der Waals surface area contributed by atoms with Gasteiger partial charge in [0, 0.05) is 5.02 Å². The van der Waals surface area contributed by atoms with Crippen LogP contribution >= 0.6 is 11.6 Å². The molecule has 14 heavy (non-hydrogen) atoms. The lowest BCUT2D eigenvalue weighted by Crippen LogP contribution is -2.08. The first-order valence-electron chi connectivity index (χ1n) is 4.16. The van der Waals surface area contributed by atoms with E-state index in [1.165, 1.54) is 7.11 Å². The Morgan fingerprint density at radius 1 is 1.57 bits per heavy atom. The largest absolute Gasteiger partial charge is 0.465 e. The molecule has 0 atom stereocenters. The number of benzene rings is 1. The van der Waals surface area contributed by atoms with Gasteiger partial charge in [0.05, 0.1) is 12.7 Å². The third-order valence-corrected chi connectivity index (χ3v) is 2.13. The van der Waals surface area contributed by atoms with Crippen LogP contribution in [0, 0.1) is 5.82 Å². The first kappa shape index (κ1) is 11.0. The molecule has 0 saturated carbocycles. The van der Waals surface area contributed by atoms with E-state index >= 15 is 0 Å². The minimum absolute atomic E-state index is 0.0283. The number of aryl methyl sites for hydroxylation is 1. The van der Waals surface area contributed by atoms with Crippen molar-refractivity contribution in [2.24, 2.45) is 0 Å². The third-order valence-electron chi connectivity index (χ3n) is 1.91. The molecule has 0 spiro atoms. The fraction of sp³-hybridized carbons (Fsp3) is 0.300. The van der Waals surface area contributed by atoms with Crippen molar-refractivity contribution in [3.05, 3.63) is 34.1 Å². The van der Waals surface area contributed by atoms with Gasteiger partial charge in [-0.05, 0) is 24.1 Å². The van der Waals surface area contributed by atoms with Gasteiger partial charge in [0.2, 0.25) is 0 Å². The summed E-state index contributed by atoms with van der Waals surface area (Å²) in [6, 6.07) is 2.67. The molecule has 0 unspecified atom stereocenters. The molecule has 0 saturated heterocycles. The lowest BCUT2D eigenvalue weighted by molar-refractivity contribution is 0.0594. The second-order valence-electron chi connectivity index (χ2n) is 2.77. The molecule has 76 valence electrons. The molecule has 0 N–H and O–H groups in total. The molecule has 0 amide bonds. The van der Waals surface area contributed by atoms with Gasteiger partial charge in [0.25, 0.3) is 0 Å². The molecule has 0 bridgehead atoms. The number of hydrogen-bond donors (Lipinski definition) is 0. The summed E-state index contributed by atoms with van der Waals surface area (Å²) < 4.78 is 17.8. The molecule has 1 aromatic rings. The van der Waals surface area contributed by atoms with E-state index in [0.717, 1.165) is 6.07 Å². The number of carbonyl (C=O) groups is 1. The Kier molecular flexibility index (Phi) is 3.47. The van der Waals surface area contributed by atoms with E-state index in [1.54, 1.807) is 6.07 Å². The number of carbonyl (C=O) groups excluding carboxylic acids is 1. The van der Waals surface area contributed by atoms with Crippen LogP contribution in [0.25, 0.3) is 0 Å². The summed E-state index contributed by atoms with van der Waals surface area (Å²) in [5.41, 5.74) is 0.529. The zero-order chi connectivity index (χ0) is 10.7. The van der Waals surface area contributed by atoms with Crippen molar-refractivity contribution >= 4 is 17.6 Å². The van der Waals surface area contributed by atoms with Gasteiger partial charge in [-0.15, -0.1) is 0 Å². The van der Waals surface area contributed by atoms with Crippen LogP contribution in [0.3, 0.4) is 0 Å². The summed E-state index contributed by atoms with van der Waals surface area (Å²) in [7, 11) is 1.22.